The van der Waals surface area contributed by atoms with Gasteiger partial charge in [0.25, 0.3) is 5.91 Å². The van der Waals surface area contributed by atoms with Crippen LogP contribution in [0.1, 0.15) is 10.4 Å². The van der Waals surface area contributed by atoms with Crippen molar-refractivity contribution >= 4 is 33.2 Å². The van der Waals surface area contributed by atoms with Crippen molar-refractivity contribution in [2.75, 3.05) is 25.1 Å². The highest BCUT2D eigenvalue weighted by molar-refractivity contribution is 7.89. The number of nitrogen functional groups attached to an aromatic ring is 1. The number of benzene rings is 1. The fourth-order valence-electron chi connectivity index (χ4n) is 1.21. The fourth-order valence-corrected chi connectivity index (χ4v) is 1.99. The Morgan fingerprint density at radius 1 is 1.44 bits per heavy atom. The average molecular weight is 292 g/mol. The molecule has 8 heteroatoms. The maximum atomic E-state index is 11.7. The predicted molar refractivity (Wildman–Crippen MR) is 71.0 cm³/mol. The molecule has 0 saturated heterocycles. The maximum absolute atomic E-state index is 11.7. The molecule has 0 aliphatic heterocycles. The average Bonchev–Trinajstić information content (AvgIpc) is 2.32. The normalized spacial score (nSPS) is 11.2. The van der Waals surface area contributed by atoms with E-state index in [1.807, 2.05) is 0 Å². The molecule has 0 aliphatic carbocycles. The Balaban J connectivity index is 2.64. The lowest BCUT2D eigenvalue weighted by Crippen LogP contribution is -2.33. The van der Waals surface area contributed by atoms with Crippen LogP contribution in [0, 0.1) is 0 Å². The van der Waals surface area contributed by atoms with Gasteiger partial charge in [-0.2, -0.15) is 0 Å². The number of hydrogen-bond acceptors (Lipinski definition) is 4. The number of amides is 1. The lowest BCUT2D eigenvalue weighted by Gasteiger charge is -2.07. The number of hydrogen-bond donors (Lipinski definition) is 3. The highest BCUT2D eigenvalue weighted by Gasteiger charge is 2.12. The van der Waals surface area contributed by atoms with Crippen molar-refractivity contribution in [2.45, 2.75) is 0 Å². The molecule has 0 bridgehead atoms. The summed E-state index contributed by atoms with van der Waals surface area (Å²) in [7, 11) is -2.03. The third kappa shape index (κ3) is 4.17. The molecule has 0 aliphatic rings. The van der Waals surface area contributed by atoms with Gasteiger partial charge in [-0.1, -0.05) is 11.6 Å². The maximum Gasteiger partial charge on any atom is 0.252 e. The minimum Gasteiger partial charge on any atom is -0.399 e. The van der Waals surface area contributed by atoms with Crippen LogP contribution in [0.5, 0.6) is 0 Å². The Kier molecular flexibility index (Phi) is 4.94. The molecule has 6 nitrogen and oxygen atoms in total. The Bertz CT molecular complexity index is 545. The summed E-state index contributed by atoms with van der Waals surface area (Å²) in [5.41, 5.74) is 6.17. The Morgan fingerprint density at radius 3 is 2.72 bits per heavy atom. The first kappa shape index (κ1) is 14.7. The molecule has 0 radical (unpaired) electrons. The molecule has 4 N–H and O–H groups in total. The lowest BCUT2D eigenvalue weighted by molar-refractivity contribution is 0.0956. The van der Waals surface area contributed by atoms with Gasteiger partial charge in [0.15, 0.2) is 0 Å². The largest absolute Gasteiger partial charge is 0.399 e. The number of sulfonamides is 1. The van der Waals surface area contributed by atoms with E-state index < -0.39 is 15.9 Å². The van der Waals surface area contributed by atoms with Crippen LogP contribution in [0.15, 0.2) is 18.2 Å². The highest BCUT2D eigenvalue weighted by Crippen LogP contribution is 2.18. The number of nitrogens with two attached hydrogens (primary N) is 1. The van der Waals surface area contributed by atoms with Gasteiger partial charge in [0.2, 0.25) is 10.0 Å². The summed E-state index contributed by atoms with van der Waals surface area (Å²) in [5, 5.41) is 2.72. The zero-order chi connectivity index (χ0) is 13.8. The van der Waals surface area contributed by atoms with Crippen LogP contribution in [0.2, 0.25) is 5.02 Å². The van der Waals surface area contributed by atoms with E-state index in [-0.39, 0.29) is 22.9 Å². The molecule has 1 rings (SSSR count). The van der Waals surface area contributed by atoms with Crippen LogP contribution < -0.4 is 15.8 Å². The molecular weight excluding hydrogens is 278 g/mol. The van der Waals surface area contributed by atoms with Gasteiger partial charge >= 0.3 is 0 Å². The second-order valence-corrected chi connectivity index (χ2v) is 5.97. The van der Waals surface area contributed by atoms with Crippen LogP contribution in [0.25, 0.3) is 0 Å². The van der Waals surface area contributed by atoms with Gasteiger partial charge in [0, 0.05) is 12.2 Å². The number of anilines is 1. The first-order chi connectivity index (χ1) is 8.35. The van der Waals surface area contributed by atoms with Crippen LogP contribution >= 0.6 is 11.6 Å². The molecule has 0 spiro atoms. The molecule has 0 fully saturated rings. The summed E-state index contributed by atoms with van der Waals surface area (Å²) in [6.45, 7) is -0.00681. The standard InChI is InChI=1S/C10H14ClN3O3S/c1-13-18(16,17)5-4-14-10(15)8-6-7(12)2-3-9(8)11/h2-3,6,13H,4-5,12H2,1H3,(H,14,15). The van der Waals surface area contributed by atoms with Crippen molar-refractivity contribution in [2.24, 2.45) is 0 Å². The summed E-state index contributed by atoms with van der Waals surface area (Å²) in [6, 6.07) is 4.52. The summed E-state index contributed by atoms with van der Waals surface area (Å²) in [5.74, 6) is -0.659. The van der Waals surface area contributed by atoms with Crippen LogP contribution in [-0.2, 0) is 10.0 Å². The molecule has 18 heavy (non-hydrogen) atoms. The number of carbonyl (C=O) groups excluding carboxylic acids is 1. The topological polar surface area (TPSA) is 101 Å². The highest BCUT2D eigenvalue weighted by atomic mass is 35.5. The second kappa shape index (κ2) is 6.03. The summed E-state index contributed by atoms with van der Waals surface area (Å²) < 4.78 is 24.4. The van der Waals surface area contributed by atoms with Gasteiger partial charge in [-0.05, 0) is 25.2 Å². The molecule has 0 saturated carbocycles. The number of halogens is 1. The number of carbonyl (C=O) groups is 1. The van der Waals surface area contributed by atoms with Crippen molar-refractivity contribution in [3.05, 3.63) is 28.8 Å². The molecule has 0 atom stereocenters. The van der Waals surface area contributed by atoms with Gasteiger partial charge in [-0.25, -0.2) is 13.1 Å². The predicted octanol–water partition coefficient (Wildman–Crippen LogP) is 0.201. The molecule has 1 amide bonds. The summed E-state index contributed by atoms with van der Waals surface area (Å²) >= 11 is 5.84. The Labute approximate surface area is 111 Å². The van der Waals surface area contributed by atoms with Gasteiger partial charge in [0.05, 0.1) is 16.3 Å². The third-order valence-electron chi connectivity index (χ3n) is 2.20. The first-order valence-electron chi connectivity index (χ1n) is 5.10. The molecular formula is C10H14ClN3O3S. The van der Waals surface area contributed by atoms with Gasteiger partial charge < -0.3 is 11.1 Å². The van der Waals surface area contributed by atoms with Gasteiger partial charge in [0.1, 0.15) is 0 Å². The van der Waals surface area contributed by atoms with E-state index in [9.17, 15) is 13.2 Å². The minimum atomic E-state index is -3.34. The van der Waals surface area contributed by atoms with E-state index in [0.29, 0.717) is 5.69 Å². The Morgan fingerprint density at radius 2 is 2.11 bits per heavy atom. The van der Waals surface area contributed by atoms with Crippen LogP contribution in [0.3, 0.4) is 0 Å². The van der Waals surface area contributed by atoms with Crippen LogP contribution in [0.4, 0.5) is 5.69 Å². The molecule has 0 aromatic heterocycles. The van der Waals surface area contributed by atoms with Crippen molar-refractivity contribution in [1.29, 1.82) is 0 Å². The monoisotopic (exact) mass is 291 g/mol. The SMILES string of the molecule is CNS(=O)(=O)CCNC(=O)c1cc(N)ccc1Cl. The van der Waals surface area contributed by atoms with E-state index >= 15 is 0 Å². The molecule has 0 heterocycles. The smallest absolute Gasteiger partial charge is 0.252 e. The van der Waals surface area contributed by atoms with Crippen molar-refractivity contribution < 1.29 is 13.2 Å². The van der Waals surface area contributed by atoms with E-state index in [4.69, 9.17) is 17.3 Å². The number of rotatable bonds is 5. The van der Waals surface area contributed by atoms with Crippen LogP contribution in [-0.4, -0.2) is 33.7 Å². The van der Waals surface area contributed by atoms with Crippen molar-refractivity contribution in [1.82, 2.24) is 10.0 Å². The quantitative estimate of drug-likeness (QED) is 0.675. The third-order valence-corrected chi connectivity index (χ3v) is 3.90. The van der Waals surface area contributed by atoms with E-state index in [2.05, 4.69) is 10.0 Å². The van der Waals surface area contributed by atoms with Gasteiger partial charge in [-0.3, -0.25) is 4.79 Å². The molecule has 1 aromatic rings. The van der Waals surface area contributed by atoms with Crippen molar-refractivity contribution in [3.8, 4) is 0 Å². The van der Waals surface area contributed by atoms with Crippen molar-refractivity contribution in [3.63, 3.8) is 0 Å². The summed E-state index contributed by atoms with van der Waals surface area (Å²) in [6.07, 6.45) is 0. The number of nitrogens with one attached hydrogen (secondary N) is 2. The lowest BCUT2D eigenvalue weighted by atomic mass is 10.2. The van der Waals surface area contributed by atoms with E-state index in [0.717, 1.165) is 0 Å². The van der Waals surface area contributed by atoms with E-state index in [1.165, 1.54) is 19.2 Å². The van der Waals surface area contributed by atoms with E-state index in [1.54, 1.807) is 6.07 Å². The van der Waals surface area contributed by atoms with Gasteiger partial charge in [-0.15, -0.1) is 0 Å². The minimum absolute atomic E-state index is 0.00681. The first-order valence-corrected chi connectivity index (χ1v) is 7.13. The molecule has 0 unspecified atom stereocenters. The Hall–Kier alpha value is -1.31. The molecule has 100 valence electrons. The fraction of sp³-hybridized carbons (Fsp3) is 0.300. The zero-order valence-electron chi connectivity index (χ0n) is 9.73. The second-order valence-electron chi connectivity index (χ2n) is 3.52. The molecule has 1 aromatic carbocycles. The zero-order valence-corrected chi connectivity index (χ0v) is 11.3. The summed E-state index contributed by atoms with van der Waals surface area (Å²) in [4.78, 5) is 11.7.